The molecule has 1 aliphatic heterocycles. The molecule has 1 N–H and O–H groups in total. The minimum atomic E-state index is -0.156. The summed E-state index contributed by atoms with van der Waals surface area (Å²) in [4.78, 5) is 12.5. The van der Waals surface area contributed by atoms with E-state index in [0.29, 0.717) is 22.9 Å². The molecule has 4 rings (SSSR count). The van der Waals surface area contributed by atoms with E-state index in [1.54, 1.807) is 28.6 Å². The number of hydrogen-bond acceptors (Lipinski definition) is 6. The van der Waals surface area contributed by atoms with Crippen molar-refractivity contribution in [1.29, 1.82) is 0 Å². The van der Waals surface area contributed by atoms with Gasteiger partial charge in [-0.2, -0.15) is 0 Å². The van der Waals surface area contributed by atoms with E-state index < -0.39 is 0 Å². The Morgan fingerprint density at radius 2 is 2.13 bits per heavy atom. The number of hydrogen-bond donors (Lipinski definition) is 1. The van der Waals surface area contributed by atoms with Crippen molar-refractivity contribution in [3.8, 4) is 0 Å². The molecule has 156 valence electrons. The van der Waals surface area contributed by atoms with E-state index in [9.17, 15) is 4.79 Å². The fourth-order valence-corrected chi connectivity index (χ4v) is 4.18. The minimum Gasteiger partial charge on any atom is -0.376 e. The Labute approximate surface area is 184 Å². The van der Waals surface area contributed by atoms with E-state index in [2.05, 4.69) is 20.8 Å². The summed E-state index contributed by atoms with van der Waals surface area (Å²) in [5, 5.41) is 16.3. The summed E-state index contributed by atoms with van der Waals surface area (Å²) >= 11 is 7.60. The Hall–Kier alpha value is -2.42. The number of halogens is 1. The molecule has 0 aliphatic carbocycles. The van der Waals surface area contributed by atoms with Gasteiger partial charge < -0.3 is 10.1 Å². The highest BCUT2D eigenvalue weighted by Crippen LogP contribution is 2.23. The van der Waals surface area contributed by atoms with Crippen molar-refractivity contribution in [3.05, 3.63) is 64.2 Å². The quantitative estimate of drug-likeness (QED) is 0.546. The van der Waals surface area contributed by atoms with Crippen molar-refractivity contribution in [3.63, 3.8) is 0 Å². The third-order valence-corrected chi connectivity index (χ3v) is 6.35. The van der Waals surface area contributed by atoms with Crippen LogP contribution in [0, 0.1) is 6.92 Å². The van der Waals surface area contributed by atoms with E-state index in [-0.39, 0.29) is 12.0 Å². The van der Waals surface area contributed by atoms with Crippen LogP contribution in [0.4, 0.5) is 5.69 Å². The van der Waals surface area contributed by atoms with Crippen LogP contribution >= 0.6 is 23.4 Å². The molecule has 1 unspecified atom stereocenters. The lowest BCUT2D eigenvalue weighted by atomic mass is 10.1. The number of carbonyl (C=O) groups excluding carboxylic acids is 1. The van der Waals surface area contributed by atoms with Gasteiger partial charge in [-0.1, -0.05) is 35.5 Å². The number of ether oxygens (including phenoxy) is 1. The molecule has 0 saturated carbocycles. The summed E-state index contributed by atoms with van der Waals surface area (Å²) < 4.78 is 7.47. The lowest BCUT2D eigenvalue weighted by Crippen LogP contribution is -2.16. The molecule has 1 atom stereocenters. The molecule has 1 fully saturated rings. The fraction of sp³-hybridized carbons (Fsp3) is 0.333. The van der Waals surface area contributed by atoms with Crippen LogP contribution in [-0.4, -0.2) is 38.8 Å². The van der Waals surface area contributed by atoms with Crippen molar-refractivity contribution in [1.82, 2.24) is 20.2 Å². The Morgan fingerprint density at radius 3 is 2.87 bits per heavy atom. The molecule has 0 bridgehead atoms. The lowest BCUT2D eigenvalue weighted by molar-refractivity contribution is 0.0911. The van der Waals surface area contributed by atoms with Gasteiger partial charge in [-0.25, -0.2) is 4.68 Å². The molecule has 7 nitrogen and oxygen atoms in total. The second-order valence-electron chi connectivity index (χ2n) is 7.18. The number of rotatable bonds is 7. The number of thioether (sulfide) groups is 1. The van der Waals surface area contributed by atoms with Crippen LogP contribution in [0.15, 0.2) is 47.6 Å². The predicted molar refractivity (Wildman–Crippen MR) is 117 cm³/mol. The van der Waals surface area contributed by atoms with Gasteiger partial charge in [0.2, 0.25) is 5.16 Å². The summed E-state index contributed by atoms with van der Waals surface area (Å²) in [6, 6.07) is 13.0. The summed E-state index contributed by atoms with van der Waals surface area (Å²) in [5.41, 5.74) is 3.33. The number of anilines is 1. The summed E-state index contributed by atoms with van der Waals surface area (Å²) in [6.45, 7) is 3.40. The number of aryl methyl sites for hydroxylation is 1. The summed E-state index contributed by atoms with van der Waals surface area (Å²) in [7, 11) is 0. The highest BCUT2D eigenvalue weighted by Gasteiger charge is 2.19. The van der Waals surface area contributed by atoms with Crippen LogP contribution in [0.25, 0.3) is 0 Å². The second kappa shape index (κ2) is 9.59. The van der Waals surface area contributed by atoms with Gasteiger partial charge in [0.15, 0.2) is 0 Å². The van der Waals surface area contributed by atoms with Crippen molar-refractivity contribution in [2.45, 2.75) is 43.3 Å². The number of tetrazole rings is 1. The zero-order valence-corrected chi connectivity index (χ0v) is 18.1. The van der Waals surface area contributed by atoms with Gasteiger partial charge in [-0.3, -0.25) is 4.79 Å². The summed E-state index contributed by atoms with van der Waals surface area (Å²) in [5.74, 6) is 0.556. The highest BCUT2D eigenvalue weighted by atomic mass is 35.5. The first-order valence-corrected chi connectivity index (χ1v) is 11.1. The fourth-order valence-electron chi connectivity index (χ4n) is 3.22. The zero-order chi connectivity index (χ0) is 20.9. The van der Waals surface area contributed by atoms with E-state index in [1.807, 2.05) is 37.3 Å². The molecule has 9 heteroatoms. The number of aromatic nitrogens is 4. The van der Waals surface area contributed by atoms with Crippen LogP contribution < -0.4 is 5.32 Å². The second-order valence-corrected chi connectivity index (χ2v) is 8.53. The molecule has 0 radical (unpaired) electrons. The molecule has 0 spiro atoms. The molecule has 1 aliphatic rings. The Morgan fingerprint density at radius 1 is 1.30 bits per heavy atom. The number of amides is 1. The largest absolute Gasteiger partial charge is 0.376 e. The van der Waals surface area contributed by atoms with Crippen LogP contribution in [0.2, 0.25) is 5.02 Å². The lowest BCUT2D eigenvalue weighted by Gasteiger charge is -2.10. The molecule has 2 aromatic carbocycles. The zero-order valence-electron chi connectivity index (χ0n) is 16.5. The van der Waals surface area contributed by atoms with Crippen LogP contribution in [0.1, 0.15) is 34.3 Å². The smallest absolute Gasteiger partial charge is 0.255 e. The first-order chi connectivity index (χ1) is 14.6. The van der Waals surface area contributed by atoms with Crippen LogP contribution in [-0.2, 0) is 17.0 Å². The van der Waals surface area contributed by atoms with Crippen molar-refractivity contribution in [2.75, 3.05) is 11.9 Å². The van der Waals surface area contributed by atoms with Gasteiger partial charge >= 0.3 is 0 Å². The average molecular weight is 444 g/mol. The van der Waals surface area contributed by atoms with Gasteiger partial charge in [0, 0.05) is 28.6 Å². The van der Waals surface area contributed by atoms with E-state index in [4.69, 9.17) is 16.3 Å². The van der Waals surface area contributed by atoms with Crippen molar-refractivity contribution >= 4 is 35.0 Å². The molecule has 1 aromatic heterocycles. The predicted octanol–water partition coefficient (Wildman–Crippen LogP) is 4.36. The van der Waals surface area contributed by atoms with E-state index in [0.717, 1.165) is 41.4 Å². The van der Waals surface area contributed by atoms with Gasteiger partial charge in [-0.15, -0.1) is 5.10 Å². The normalized spacial score (nSPS) is 16.0. The maximum atomic E-state index is 12.5. The third kappa shape index (κ3) is 5.19. The molecule has 1 amide bonds. The molecule has 3 aromatic rings. The first-order valence-electron chi connectivity index (χ1n) is 9.75. The van der Waals surface area contributed by atoms with E-state index >= 15 is 0 Å². The molecular formula is C21H22ClN5O2S. The first kappa shape index (κ1) is 20.8. The monoisotopic (exact) mass is 443 g/mol. The number of carbonyl (C=O) groups is 1. The van der Waals surface area contributed by atoms with E-state index in [1.165, 1.54) is 0 Å². The van der Waals surface area contributed by atoms with Crippen LogP contribution in [0.5, 0.6) is 0 Å². The van der Waals surface area contributed by atoms with Gasteiger partial charge in [0.1, 0.15) is 0 Å². The Kier molecular flexibility index (Phi) is 6.66. The molecule has 2 heterocycles. The highest BCUT2D eigenvalue weighted by molar-refractivity contribution is 7.98. The molecular weight excluding hydrogens is 422 g/mol. The number of nitrogens with one attached hydrogen (secondary N) is 1. The minimum absolute atomic E-state index is 0.156. The van der Waals surface area contributed by atoms with Gasteiger partial charge in [0.25, 0.3) is 5.91 Å². The topological polar surface area (TPSA) is 81.9 Å². The van der Waals surface area contributed by atoms with Crippen LogP contribution in [0.3, 0.4) is 0 Å². The Balaban J connectivity index is 1.33. The molecule has 1 saturated heterocycles. The average Bonchev–Trinajstić information content (AvgIpc) is 3.42. The standard InChI is InChI=1S/C21H22ClN5O2S/c1-14-11-17(8-9-19(14)22)23-20(28)16-6-4-15(5-7-16)13-30-21-24-25-26-27(21)12-18-3-2-10-29-18/h4-9,11,18H,2-3,10,12-13H2,1H3,(H,23,28). The number of nitrogens with zero attached hydrogens (tertiary/aromatic N) is 4. The molecule has 30 heavy (non-hydrogen) atoms. The van der Waals surface area contributed by atoms with Gasteiger partial charge in [-0.05, 0) is 71.7 Å². The van der Waals surface area contributed by atoms with Gasteiger partial charge in [0.05, 0.1) is 12.6 Å². The third-order valence-electron chi connectivity index (χ3n) is 4.90. The van der Waals surface area contributed by atoms with Crippen molar-refractivity contribution < 1.29 is 9.53 Å². The van der Waals surface area contributed by atoms with Crippen molar-refractivity contribution in [2.24, 2.45) is 0 Å². The maximum absolute atomic E-state index is 12.5. The summed E-state index contributed by atoms with van der Waals surface area (Å²) in [6.07, 6.45) is 2.32. The SMILES string of the molecule is Cc1cc(NC(=O)c2ccc(CSc3nnnn3CC3CCCO3)cc2)ccc1Cl. The Bertz CT molecular complexity index is 1020. The maximum Gasteiger partial charge on any atom is 0.255 e. The number of benzene rings is 2.